The van der Waals surface area contributed by atoms with Crippen molar-refractivity contribution in [3.8, 4) is 5.75 Å². The molecule has 0 atom stereocenters. The summed E-state index contributed by atoms with van der Waals surface area (Å²) < 4.78 is 5.17. The van der Waals surface area contributed by atoms with E-state index in [9.17, 15) is 9.59 Å². The van der Waals surface area contributed by atoms with Gasteiger partial charge in [0.15, 0.2) is 18.1 Å². The van der Waals surface area contributed by atoms with Crippen molar-refractivity contribution in [2.24, 2.45) is 0 Å². The molecule has 0 aliphatic carbocycles. The molecule has 0 bridgehead atoms. The number of halogens is 1. The van der Waals surface area contributed by atoms with Gasteiger partial charge in [-0.1, -0.05) is 11.6 Å². The van der Waals surface area contributed by atoms with Crippen molar-refractivity contribution in [2.45, 2.75) is 0 Å². The molecule has 2 aromatic rings. The molecule has 0 saturated carbocycles. The van der Waals surface area contributed by atoms with E-state index in [-0.39, 0.29) is 18.1 Å². The van der Waals surface area contributed by atoms with Gasteiger partial charge in [0.05, 0.1) is 0 Å². The Morgan fingerprint density at radius 3 is 2.62 bits per heavy atom. The number of aromatic carboxylic acids is 1. The maximum atomic E-state index is 11.7. The summed E-state index contributed by atoms with van der Waals surface area (Å²) in [5.74, 6) is -1.60. The van der Waals surface area contributed by atoms with E-state index in [0.717, 1.165) is 0 Å². The first-order valence-electron chi connectivity index (χ1n) is 5.93. The highest BCUT2D eigenvalue weighted by molar-refractivity contribution is 6.30. The lowest BCUT2D eigenvalue weighted by Crippen LogP contribution is -2.21. The smallest absolute Gasteiger partial charge is 0.358 e. The van der Waals surface area contributed by atoms with Gasteiger partial charge in [0.25, 0.3) is 5.91 Å². The number of carboxylic acid groups (broad SMARTS) is 1. The zero-order valence-corrected chi connectivity index (χ0v) is 11.5. The molecule has 0 unspecified atom stereocenters. The van der Waals surface area contributed by atoms with E-state index in [1.54, 1.807) is 24.3 Å². The Labute approximate surface area is 125 Å². The number of rotatable bonds is 5. The Kier molecular flexibility index (Phi) is 4.73. The summed E-state index contributed by atoms with van der Waals surface area (Å²) >= 11 is 5.74. The topological polar surface area (TPSA) is 88.5 Å². The number of aromatic nitrogens is 1. The molecular formula is C14H11ClN2O4. The maximum absolute atomic E-state index is 11.7. The molecule has 21 heavy (non-hydrogen) atoms. The van der Waals surface area contributed by atoms with Crippen molar-refractivity contribution in [1.29, 1.82) is 0 Å². The highest BCUT2D eigenvalue weighted by Gasteiger charge is 2.13. The number of ether oxygens (including phenoxy) is 1. The maximum Gasteiger partial charge on any atom is 0.358 e. The van der Waals surface area contributed by atoms with Crippen LogP contribution in [0, 0.1) is 0 Å². The minimum atomic E-state index is -1.22. The number of carbonyl (C=O) groups is 2. The number of hydrogen-bond acceptors (Lipinski definition) is 4. The molecule has 2 N–H and O–H groups in total. The summed E-state index contributed by atoms with van der Waals surface area (Å²) in [7, 11) is 0. The number of hydrogen-bond donors (Lipinski definition) is 2. The molecule has 108 valence electrons. The predicted octanol–water partition coefficient (Wildman–Crippen LogP) is 2.45. The summed E-state index contributed by atoms with van der Waals surface area (Å²) in [5.41, 5.74) is 0.328. The number of anilines is 1. The Morgan fingerprint density at radius 2 is 1.95 bits per heavy atom. The third kappa shape index (κ3) is 4.19. The molecule has 1 amide bonds. The zero-order valence-electron chi connectivity index (χ0n) is 10.7. The lowest BCUT2D eigenvalue weighted by Gasteiger charge is -2.08. The fourth-order valence-electron chi connectivity index (χ4n) is 1.54. The Bertz CT molecular complexity index is 658. The molecule has 0 saturated heterocycles. The van der Waals surface area contributed by atoms with Gasteiger partial charge in [-0.2, -0.15) is 0 Å². The number of nitrogens with one attached hydrogen (secondary N) is 1. The van der Waals surface area contributed by atoms with Gasteiger partial charge in [0.1, 0.15) is 0 Å². The van der Waals surface area contributed by atoms with Crippen molar-refractivity contribution < 1.29 is 19.4 Å². The van der Waals surface area contributed by atoms with Crippen LogP contribution in [0.5, 0.6) is 5.75 Å². The largest absolute Gasteiger partial charge is 0.481 e. The molecule has 1 heterocycles. The molecular weight excluding hydrogens is 296 g/mol. The van der Waals surface area contributed by atoms with E-state index in [0.29, 0.717) is 10.7 Å². The van der Waals surface area contributed by atoms with Crippen molar-refractivity contribution in [3.63, 3.8) is 0 Å². The van der Waals surface area contributed by atoms with Crippen LogP contribution in [-0.4, -0.2) is 28.6 Å². The highest BCUT2D eigenvalue weighted by atomic mass is 35.5. The van der Waals surface area contributed by atoms with Crippen LogP contribution in [0.2, 0.25) is 5.02 Å². The van der Waals surface area contributed by atoms with Gasteiger partial charge in [0, 0.05) is 16.9 Å². The van der Waals surface area contributed by atoms with Crippen LogP contribution >= 0.6 is 11.6 Å². The number of carboxylic acids is 1. The standard InChI is InChI=1S/C14H11ClN2O4/c15-9-3-5-10(6-4-9)17-12(18)8-21-11-2-1-7-16-13(11)14(19)20/h1-7H,8H2,(H,17,18)(H,19,20). The fourth-order valence-corrected chi connectivity index (χ4v) is 1.67. The monoisotopic (exact) mass is 306 g/mol. The summed E-state index contributed by atoms with van der Waals surface area (Å²) in [6, 6.07) is 9.54. The molecule has 6 nitrogen and oxygen atoms in total. The predicted molar refractivity (Wildman–Crippen MR) is 76.8 cm³/mol. The van der Waals surface area contributed by atoms with Crippen molar-refractivity contribution >= 4 is 29.2 Å². The van der Waals surface area contributed by atoms with E-state index >= 15 is 0 Å². The third-order valence-electron chi connectivity index (χ3n) is 2.46. The molecule has 1 aromatic carbocycles. The summed E-state index contributed by atoms with van der Waals surface area (Å²) in [6.07, 6.45) is 1.34. The van der Waals surface area contributed by atoms with Crippen LogP contribution in [0.4, 0.5) is 5.69 Å². The van der Waals surface area contributed by atoms with Gasteiger partial charge >= 0.3 is 5.97 Å². The second-order valence-electron chi connectivity index (χ2n) is 4.00. The van der Waals surface area contributed by atoms with Crippen LogP contribution in [-0.2, 0) is 4.79 Å². The van der Waals surface area contributed by atoms with E-state index in [2.05, 4.69) is 10.3 Å². The van der Waals surface area contributed by atoms with Crippen LogP contribution in [0.1, 0.15) is 10.5 Å². The molecule has 0 aliphatic rings. The van der Waals surface area contributed by atoms with Crippen LogP contribution in [0.25, 0.3) is 0 Å². The second kappa shape index (κ2) is 6.71. The number of amides is 1. The van der Waals surface area contributed by atoms with Gasteiger partial charge in [0.2, 0.25) is 0 Å². The van der Waals surface area contributed by atoms with Gasteiger partial charge in [-0.25, -0.2) is 9.78 Å². The van der Waals surface area contributed by atoms with Gasteiger partial charge in [-0.3, -0.25) is 4.79 Å². The molecule has 0 radical (unpaired) electrons. The summed E-state index contributed by atoms with van der Waals surface area (Å²) in [6.45, 7) is -0.325. The summed E-state index contributed by atoms with van der Waals surface area (Å²) in [5, 5.41) is 12.1. The summed E-state index contributed by atoms with van der Waals surface area (Å²) in [4.78, 5) is 26.3. The normalized spacial score (nSPS) is 9.95. The lowest BCUT2D eigenvalue weighted by atomic mass is 10.3. The van der Waals surface area contributed by atoms with E-state index in [1.807, 2.05) is 0 Å². The van der Waals surface area contributed by atoms with Crippen molar-refractivity contribution in [1.82, 2.24) is 4.98 Å². The Hall–Kier alpha value is -2.60. The Morgan fingerprint density at radius 1 is 1.24 bits per heavy atom. The molecule has 7 heteroatoms. The number of nitrogens with zero attached hydrogens (tertiary/aromatic N) is 1. The van der Waals surface area contributed by atoms with E-state index in [1.165, 1.54) is 18.3 Å². The van der Waals surface area contributed by atoms with Crippen molar-refractivity contribution in [3.05, 3.63) is 53.3 Å². The molecule has 0 aliphatic heterocycles. The van der Waals surface area contributed by atoms with Gasteiger partial charge < -0.3 is 15.2 Å². The van der Waals surface area contributed by atoms with E-state index < -0.39 is 11.9 Å². The average Bonchev–Trinajstić information content (AvgIpc) is 2.48. The van der Waals surface area contributed by atoms with Crippen LogP contribution in [0.15, 0.2) is 42.6 Å². The molecule has 2 rings (SSSR count). The molecule has 0 spiro atoms. The van der Waals surface area contributed by atoms with Crippen molar-refractivity contribution in [2.75, 3.05) is 11.9 Å². The van der Waals surface area contributed by atoms with Gasteiger partial charge in [-0.05, 0) is 36.4 Å². The van der Waals surface area contributed by atoms with Crippen LogP contribution < -0.4 is 10.1 Å². The number of pyridine rings is 1. The first-order valence-corrected chi connectivity index (χ1v) is 6.30. The minimum Gasteiger partial charge on any atom is -0.481 e. The quantitative estimate of drug-likeness (QED) is 0.885. The molecule has 0 fully saturated rings. The van der Waals surface area contributed by atoms with E-state index in [4.69, 9.17) is 21.4 Å². The first-order chi connectivity index (χ1) is 10.1. The highest BCUT2D eigenvalue weighted by Crippen LogP contribution is 2.16. The third-order valence-corrected chi connectivity index (χ3v) is 2.71. The first kappa shape index (κ1) is 14.8. The number of benzene rings is 1. The Balaban J connectivity index is 1.95. The average molecular weight is 307 g/mol. The fraction of sp³-hybridized carbons (Fsp3) is 0.0714. The lowest BCUT2D eigenvalue weighted by molar-refractivity contribution is -0.118. The number of carbonyl (C=O) groups excluding carboxylic acids is 1. The van der Waals surface area contributed by atoms with Crippen LogP contribution in [0.3, 0.4) is 0 Å². The van der Waals surface area contributed by atoms with Gasteiger partial charge in [-0.15, -0.1) is 0 Å². The zero-order chi connectivity index (χ0) is 15.2. The SMILES string of the molecule is O=C(COc1cccnc1C(=O)O)Nc1ccc(Cl)cc1. The molecule has 1 aromatic heterocycles. The second-order valence-corrected chi connectivity index (χ2v) is 4.44. The minimum absolute atomic E-state index is 0.0382.